The molecule has 1 amide bonds. The molecule has 1 fully saturated rings. The highest BCUT2D eigenvalue weighted by atomic mass is 32.2. The molecule has 1 aliphatic heterocycles. The minimum absolute atomic E-state index is 0.0449. The van der Waals surface area contributed by atoms with Gasteiger partial charge in [0, 0.05) is 25.3 Å². The van der Waals surface area contributed by atoms with E-state index in [-0.39, 0.29) is 36.2 Å². The zero-order valence-corrected chi connectivity index (χ0v) is 14.6. The topological polar surface area (TPSA) is 66.5 Å². The standard InChI is InChI=1S/C16H22F2N2O3S/c1-19-14-7-6-11(12-4-3-5-13(17)15(12)18)10-20(16(14)21)8-9-24(2,22)23/h3-5,11,14,19H,6-10H2,1-2H3/t11?,14-/m1/s1. The predicted molar refractivity (Wildman–Crippen MR) is 87.5 cm³/mol. The van der Waals surface area contributed by atoms with E-state index < -0.39 is 27.5 Å². The van der Waals surface area contributed by atoms with Gasteiger partial charge in [0.1, 0.15) is 9.84 Å². The quantitative estimate of drug-likeness (QED) is 0.860. The number of carbonyl (C=O) groups is 1. The maximum Gasteiger partial charge on any atom is 0.239 e. The number of nitrogens with zero attached hydrogens (tertiary/aromatic N) is 1. The second-order valence-corrected chi connectivity index (χ2v) is 8.43. The van der Waals surface area contributed by atoms with E-state index in [4.69, 9.17) is 0 Å². The molecule has 8 heteroatoms. The molecule has 5 nitrogen and oxygen atoms in total. The summed E-state index contributed by atoms with van der Waals surface area (Å²) < 4.78 is 50.4. The zero-order chi connectivity index (χ0) is 17.9. The molecule has 134 valence electrons. The normalized spacial score (nSPS) is 22.5. The van der Waals surface area contributed by atoms with Gasteiger partial charge in [-0.3, -0.25) is 4.79 Å². The van der Waals surface area contributed by atoms with Crippen molar-refractivity contribution in [3.05, 3.63) is 35.4 Å². The maximum atomic E-state index is 14.1. The lowest BCUT2D eigenvalue weighted by atomic mass is 9.93. The smallest absolute Gasteiger partial charge is 0.239 e. The monoisotopic (exact) mass is 360 g/mol. The molecule has 1 N–H and O–H groups in total. The Labute approximate surface area is 141 Å². The van der Waals surface area contributed by atoms with Crippen LogP contribution in [0.1, 0.15) is 24.3 Å². The van der Waals surface area contributed by atoms with E-state index in [2.05, 4.69) is 5.32 Å². The van der Waals surface area contributed by atoms with Crippen molar-refractivity contribution in [1.82, 2.24) is 10.2 Å². The van der Waals surface area contributed by atoms with Crippen LogP contribution in [-0.4, -0.2) is 57.4 Å². The summed E-state index contributed by atoms with van der Waals surface area (Å²) in [5.41, 5.74) is 0.226. The molecule has 0 aromatic heterocycles. The van der Waals surface area contributed by atoms with Gasteiger partial charge in [0.05, 0.1) is 11.8 Å². The summed E-state index contributed by atoms with van der Waals surface area (Å²) in [6.45, 7) is 0.218. The summed E-state index contributed by atoms with van der Waals surface area (Å²) in [6.07, 6.45) is 2.09. The molecule has 1 aliphatic rings. The van der Waals surface area contributed by atoms with Crippen LogP contribution in [0.2, 0.25) is 0 Å². The van der Waals surface area contributed by atoms with Crippen LogP contribution in [0.15, 0.2) is 18.2 Å². The fourth-order valence-electron chi connectivity index (χ4n) is 2.99. The second-order valence-electron chi connectivity index (χ2n) is 6.17. The molecule has 0 bridgehead atoms. The zero-order valence-electron chi connectivity index (χ0n) is 13.8. The van der Waals surface area contributed by atoms with Crippen molar-refractivity contribution < 1.29 is 22.0 Å². The first-order chi connectivity index (χ1) is 11.2. The number of halogens is 2. The summed E-state index contributed by atoms with van der Waals surface area (Å²) in [5, 5.41) is 2.91. The van der Waals surface area contributed by atoms with Crippen LogP contribution in [0.4, 0.5) is 8.78 Å². The van der Waals surface area contributed by atoms with Crippen LogP contribution in [0.3, 0.4) is 0 Å². The third-order valence-electron chi connectivity index (χ3n) is 4.36. The molecular formula is C16H22F2N2O3S. The van der Waals surface area contributed by atoms with Crippen LogP contribution in [0, 0.1) is 11.6 Å². The van der Waals surface area contributed by atoms with Crippen molar-refractivity contribution in [3.8, 4) is 0 Å². The molecule has 24 heavy (non-hydrogen) atoms. The van der Waals surface area contributed by atoms with E-state index in [0.717, 1.165) is 12.3 Å². The highest BCUT2D eigenvalue weighted by Crippen LogP contribution is 2.29. The number of hydrogen-bond acceptors (Lipinski definition) is 4. The van der Waals surface area contributed by atoms with Crippen LogP contribution in [0.25, 0.3) is 0 Å². The molecule has 1 heterocycles. The molecule has 0 radical (unpaired) electrons. The summed E-state index contributed by atoms with van der Waals surface area (Å²) >= 11 is 0. The van der Waals surface area contributed by atoms with Crippen molar-refractivity contribution in [3.63, 3.8) is 0 Å². The second kappa shape index (κ2) is 7.57. The highest BCUT2D eigenvalue weighted by molar-refractivity contribution is 7.90. The van der Waals surface area contributed by atoms with Crippen molar-refractivity contribution in [2.75, 3.05) is 32.1 Å². The van der Waals surface area contributed by atoms with Gasteiger partial charge in [0.25, 0.3) is 0 Å². The molecule has 1 unspecified atom stereocenters. The Morgan fingerprint density at radius 3 is 2.62 bits per heavy atom. The van der Waals surface area contributed by atoms with Gasteiger partial charge in [-0.15, -0.1) is 0 Å². The molecule has 0 spiro atoms. The fraction of sp³-hybridized carbons (Fsp3) is 0.562. The Morgan fingerprint density at radius 2 is 2.00 bits per heavy atom. The molecule has 2 rings (SSSR count). The number of amides is 1. The average molecular weight is 360 g/mol. The van der Waals surface area contributed by atoms with Crippen molar-refractivity contribution in [2.24, 2.45) is 0 Å². The molecule has 1 aromatic carbocycles. The molecule has 2 atom stereocenters. The average Bonchev–Trinajstić information content (AvgIpc) is 2.66. The summed E-state index contributed by atoms with van der Waals surface area (Å²) in [7, 11) is -1.58. The lowest BCUT2D eigenvalue weighted by Crippen LogP contribution is -2.45. The number of rotatable bonds is 5. The van der Waals surface area contributed by atoms with Crippen LogP contribution < -0.4 is 5.32 Å². The lowest BCUT2D eigenvalue weighted by Gasteiger charge is -2.26. The van der Waals surface area contributed by atoms with Crippen LogP contribution in [-0.2, 0) is 14.6 Å². The van der Waals surface area contributed by atoms with Crippen LogP contribution in [0.5, 0.6) is 0 Å². The SMILES string of the molecule is CN[C@@H]1CCC(c2cccc(F)c2F)CN(CCS(C)(=O)=O)C1=O. The minimum atomic E-state index is -3.23. The number of carbonyl (C=O) groups excluding carboxylic acids is 1. The molecular weight excluding hydrogens is 338 g/mol. The number of likely N-dealkylation sites (tertiary alicyclic amines) is 1. The van der Waals surface area contributed by atoms with E-state index >= 15 is 0 Å². The first kappa shape index (κ1) is 18.8. The Bertz CT molecular complexity index is 709. The van der Waals surface area contributed by atoms with Crippen molar-refractivity contribution in [2.45, 2.75) is 24.8 Å². The van der Waals surface area contributed by atoms with Gasteiger partial charge >= 0.3 is 0 Å². The highest BCUT2D eigenvalue weighted by Gasteiger charge is 2.32. The first-order valence-electron chi connectivity index (χ1n) is 7.80. The van der Waals surface area contributed by atoms with Gasteiger partial charge < -0.3 is 10.2 Å². The van der Waals surface area contributed by atoms with Gasteiger partial charge in [-0.1, -0.05) is 12.1 Å². The van der Waals surface area contributed by atoms with Crippen LogP contribution >= 0.6 is 0 Å². The molecule has 0 aliphatic carbocycles. The third-order valence-corrected chi connectivity index (χ3v) is 5.28. The lowest BCUT2D eigenvalue weighted by molar-refractivity contribution is -0.132. The Morgan fingerprint density at radius 1 is 1.29 bits per heavy atom. The van der Waals surface area contributed by atoms with Gasteiger partial charge in [0.15, 0.2) is 11.6 Å². The van der Waals surface area contributed by atoms with E-state index in [1.807, 2.05) is 0 Å². The van der Waals surface area contributed by atoms with E-state index in [1.54, 1.807) is 7.05 Å². The minimum Gasteiger partial charge on any atom is -0.340 e. The largest absolute Gasteiger partial charge is 0.340 e. The summed E-state index contributed by atoms with van der Waals surface area (Å²) in [4.78, 5) is 14.0. The van der Waals surface area contributed by atoms with Gasteiger partial charge in [0.2, 0.25) is 5.91 Å². The van der Waals surface area contributed by atoms with Gasteiger partial charge in [-0.05, 0) is 31.5 Å². The third kappa shape index (κ3) is 4.51. The summed E-state index contributed by atoms with van der Waals surface area (Å²) in [6, 6.07) is 3.56. The number of nitrogens with one attached hydrogen (secondary N) is 1. The Hall–Kier alpha value is -1.54. The van der Waals surface area contributed by atoms with Crippen molar-refractivity contribution >= 4 is 15.7 Å². The summed E-state index contributed by atoms with van der Waals surface area (Å²) in [5.74, 6) is -2.56. The molecule has 0 saturated carbocycles. The number of likely N-dealkylation sites (N-methyl/N-ethyl adjacent to an activating group) is 1. The van der Waals surface area contributed by atoms with E-state index in [0.29, 0.717) is 12.8 Å². The van der Waals surface area contributed by atoms with E-state index in [9.17, 15) is 22.0 Å². The first-order valence-corrected chi connectivity index (χ1v) is 9.86. The van der Waals surface area contributed by atoms with E-state index in [1.165, 1.54) is 17.0 Å². The van der Waals surface area contributed by atoms with Crippen molar-refractivity contribution in [1.29, 1.82) is 0 Å². The number of hydrogen-bond donors (Lipinski definition) is 1. The Kier molecular flexibility index (Phi) is 5.92. The number of benzene rings is 1. The fourth-order valence-corrected chi connectivity index (χ4v) is 3.55. The predicted octanol–water partition coefficient (Wildman–Crippen LogP) is 1.30. The Balaban J connectivity index is 2.28. The number of sulfone groups is 1. The molecule has 1 saturated heterocycles. The van der Waals surface area contributed by atoms with Gasteiger partial charge in [-0.2, -0.15) is 0 Å². The molecule has 1 aromatic rings. The maximum absolute atomic E-state index is 14.1. The van der Waals surface area contributed by atoms with Gasteiger partial charge in [-0.25, -0.2) is 17.2 Å².